The maximum atomic E-state index is 12.1. The zero-order valence-electron chi connectivity index (χ0n) is 9.43. The van der Waals surface area contributed by atoms with Gasteiger partial charge in [-0.1, -0.05) is 19.4 Å². The smallest absolute Gasteiger partial charge is 0.315 e. The van der Waals surface area contributed by atoms with Crippen LogP contribution in [0.1, 0.15) is 20.8 Å². The Balaban J connectivity index is 4.86. The Kier molecular flexibility index (Phi) is 5.48. The molecule has 0 aliphatic rings. The number of rotatable bonds is 5. The van der Waals surface area contributed by atoms with Crippen LogP contribution in [0.4, 0.5) is 13.2 Å². The quantitative estimate of drug-likeness (QED) is 0.442. The molecule has 0 aromatic rings. The zero-order chi connectivity index (χ0) is 12.9. The lowest BCUT2D eigenvalue weighted by molar-refractivity contribution is -0.0584. The van der Waals surface area contributed by atoms with Gasteiger partial charge in [0.1, 0.15) is 5.71 Å². The van der Waals surface area contributed by atoms with E-state index in [4.69, 9.17) is 5.41 Å². The topological polar surface area (TPSA) is 40.9 Å². The number of carbonyl (C=O) groups is 1. The first kappa shape index (κ1) is 14.9. The molecule has 1 radical (unpaired) electrons. The molecule has 2 nitrogen and oxygen atoms in total. The van der Waals surface area contributed by atoms with Gasteiger partial charge in [0.2, 0.25) is 7.28 Å². The van der Waals surface area contributed by atoms with Crippen molar-refractivity contribution in [1.29, 1.82) is 5.41 Å². The largest absolute Gasteiger partial charge is 0.432 e. The third kappa shape index (κ3) is 4.64. The predicted molar refractivity (Wildman–Crippen MR) is 58.6 cm³/mol. The van der Waals surface area contributed by atoms with Gasteiger partial charge < -0.3 is 4.79 Å². The van der Waals surface area contributed by atoms with Crippen molar-refractivity contribution in [1.82, 2.24) is 0 Å². The summed E-state index contributed by atoms with van der Waals surface area (Å²) < 4.78 is 36.3. The molecule has 1 atom stereocenters. The maximum Gasteiger partial charge on any atom is 0.432 e. The van der Waals surface area contributed by atoms with Crippen LogP contribution in [0.15, 0.2) is 11.6 Å². The molecule has 0 spiro atoms. The highest BCUT2D eigenvalue weighted by molar-refractivity contribution is 6.68. The maximum absolute atomic E-state index is 12.1. The van der Waals surface area contributed by atoms with Gasteiger partial charge in [-0.2, -0.15) is 13.2 Å². The van der Waals surface area contributed by atoms with E-state index in [9.17, 15) is 18.0 Å². The van der Waals surface area contributed by atoms with Crippen molar-refractivity contribution in [3.63, 3.8) is 0 Å². The van der Waals surface area contributed by atoms with E-state index in [1.165, 1.54) is 14.2 Å². The van der Waals surface area contributed by atoms with Gasteiger partial charge in [-0.25, -0.2) is 0 Å². The van der Waals surface area contributed by atoms with Crippen LogP contribution in [-0.4, -0.2) is 25.4 Å². The van der Waals surface area contributed by atoms with Crippen molar-refractivity contribution in [2.24, 2.45) is 5.92 Å². The molecule has 0 aromatic carbocycles. The summed E-state index contributed by atoms with van der Waals surface area (Å²) in [6.07, 6.45) is -3.30. The lowest BCUT2D eigenvalue weighted by Crippen LogP contribution is -2.21. The summed E-state index contributed by atoms with van der Waals surface area (Å²) in [6.45, 7) is 5.10. The van der Waals surface area contributed by atoms with E-state index in [0.29, 0.717) is 11.8 Å². The average Bonchev–Trinajstić information content (AvgIpc) is 2.11. The van der Waals surface area contributed by atoms with E-state index >= 15 is 0 Å². The zero-order valence-corrected chi connectivity index (χ0v) is 9.43. The van der Waals surface area contributed by atoms with Crippen molar-refractivity contribution >= 4 is 19.2 Å². The van der Waals surface area contributed by atoms with Crippen LogP contribution in [0, 0.1) is 11.3 Å². The number of allylic oxidation sites excluding steroid dienone is 2. The molecule has 0 bridgehead atoms. The molecular formula is C10H14BF3NO. The summed E-state index contributed by atoms with van der Waals surface area (Å²) in [5.74, 6) is -0.345. The highest BCUT2D eigenvalue weighted by Crippen LogP contribution is 2.27. The molecule has 0 heterocycles. The van der Waals surface area contributed by atoms with E-state index < -0.39 is 11.9 Å². The van der Waals surface area contributed by atoms with Crippen LogP contribution >= 0.6 is 0 Å². The molecule has 0 amide bonds. The molecule has 0 aliphatic carbocycles. The van der Waals surface area contributed by atoms with Crippen LogP contribution < -0.4 is 0 Å². The van der Waals surface area contributed by atoms with Crippen LogP contribution in [0.3, 0.4) is 0 Å². The summed E-state index contributed by atoms with van der Waals surface area (Å²) in [5.41, 5.74) is -1.03. The first-order valence-corrected chi connectivity index (χ1v) is 4.82. The predicted octanol–water partition coefficient (Wildman–Crippen LogP) is 2.85. The molecule has 0 saturated heterocycles. The Morgan fingerprint density at radius 2 is 1.88 bits per heavy atom. The Bertz CT molecular complexity index is 297. The van der Waals surface area contributed by atoms with Crippen molar-refractivity contribution < 1.29 is 18.0 Å². The van der Waals surface area contributed by atoms with E-state index in [0.717, 1.165) is 6.08 Å². The van der Waals surface area contributed by atoms with E-state index in [2.05, 4.69) is 0 Å². The van der Waals surface area contributed by atoms with Crippen LogP contribution in [0.2, 0.25) is 5.82 Å². The summed E-state index contributed by atoms with van der Waals surface area (Å²) in [6, 6.07) is 0. The minimum atomic E-state index is -4.63. The van der Waals surface area contributed by atoms with Gasteiger partial charge in [-0.15, -0.1) is 0 Å². The van der Waals surface area contributed by atoms with Gasteiger partial charge in [0.25, 0.3) is 0 Å². The van der Waals surface area contributed by atoms with Gasteiger partial charge in [-0.3, -0.25) is 5.41 Å². The van der Waals surface area contributed by atoms with Gasteiger partial charge >= 0.3 is 6.18 Å². The fourth-order valence-electron chi connectivity index (χ4n) is 1.39. The van der Waals surface area contributed by atoms with Gasteiger partial charge in [0, 0.05) is 0 Å². The van der Waals surface area contributed by atoms with Crippen LogP contribution in [0.5, 0.6) is 0 Å². The number of hydrogen-bond donors (Lipinski definition) is 1. The molecule has 0 aromatic heterocycles. The third-order valence-corrected chi connectivity index (χ3v) is 2.21. The lowest BCUT2D eigenvalue weighted by atomic mass is 9.58. The molecule has 0 aliphatic heterocycles. The fraction of sp³-hybridized carbons (Fsp3) is 0.600. The van der Waals surface area contributed by atoms with Crippen LogP contribution in [-0.2, 0) is 4.79 Å². The Morgan fingerprint density at radius 1 is 1.38 bits per heavy atom. The normalized spacial score (nSPS) is 14.8. The molecule has 6 heteroatoms. The molecule has 0 saturated carbocycles. The summed E-state index contributed by atoms with van der Waals surface area (Å²) in [5, 5.41) is 6.83. The Morgan fingerprint density at radius 3 is 2.19 bits per heavy atom. The minimum absolute atomic E-state index is 0.0162. The number of halogens is 3. The van der Waals surface area contributed by atoms with E-state index in [-0.39, 0.29) is 11.7 Å². The molecule has 0 fully saturated rings. The fourth-order valence-corrected chi connectivity index (χ4v) is 1.39. The average molecular weight is 232 g/mol. The first-order valence-electron chi connectivity index (χ1n) is 4.82. The number of alkyl halides is 3. The second kappa shape index (κ2) is 5.87. The molecule has 16 heavy (non-hydrogen) atoms. The van der Waals surface area contributed by atoms with Crippen molar-refractivity contribution in [2.45, 2.75) is 32.8 Å². The number of nitrogens with one attached hydrogen (secondary N) is 1. The van der Waals surface area contributed by atoms with Gasteiger partial charge in [-0.05, 0) is 24.7 Å². The highest BCUT2D eigenvalue weighted by atomic mass is 19.4. The van der Waals surface area contributed by atoms with Gasteiger partial charge in [0.15, 0.2) is 0 Å². The van der Waals surface area contributed by atoms with Crippen molar-refractivity contribution in [3.05, 3.63) is 11.6 Å². The standard InChI is InChI=1S/C10H14BF3NO/c1-6(2)9(11-5-16)7(3)4-8(15)10(12,13)14/h4-6,9,15H,1-3H3/b7-4+,15-8?/t9-/m1/s1. The minimum Gasteiger partial charge on any atom is -0.315 e. The number of carbonyl (C=O) groups excluding carboxylic acids is 1. The summed E-state index contributed by atoms with van der Waals surface area (Å²) >= 11 is 0. The van der Waals surface area contributed by atoms with E-state index in [1.54, 1.807) is 13.8 Å². The molecular weight excluding hydrogens is 218 g/mol. The molecule has 89 valence electrons. The van der Waals surface area contributed by atoms with E-state index in [1.807, 2.05) is 0 Å². The van der Waals surface area contributed by atoms with Crippen LogP contribution in [0.25, 0.3) is 0 Å². The second-order valence-corrected chi connectivity index (χ2v) is 3.90. The second-order valence-electron chi connectivity index (χ2n) is 3.90. The SMILES string of the molecule is C/C(=C\C(=N)C(F)(F)F)[C@H]([B]C=O)C(C)C. The Labute approximate surface area is 93.7 Å². The van der Waals surface area contributed by atoms with Crippen molar-refractivity contribution in [3.8, 4) is 0 Å². The molecule has 1 N–H and O–H groups in total. The summed E-state index contributed by atoms with van der Waals surface area (Å²) in [4.78, 5) is 10.3. The molecule has 0 unspecified atom stereocenters. The first-order chi connectivity index (χ1) is 7.20. The lowest BCUT2D eigenvalue weighted by Gasteiger charge is -2.19. The number of hydrogen-bond acceptors (Lipinski definition) is 2. The highest BCUT2D eigenvalue weighted by Gasteiger charge is 2.33. The summed E-state index contributed by atoms with van der Waals surface area (Å²) in [7, 11) is 1.31. The van der Waals surface area contributed by atoms with Crippen molar-refractivity contribution in [2.75, 3.05) is 0 Å². The van der Waals surface area contributed by atoms with Gasteiger partial charge in [0.05, 0.1) is 6.19 Å². The Hall–Kier alpha value is -1.07. The third-order valence-electron chi connectivity index (χ3n) is 2.21. The monoisotopic (exact) mass is 232 g/mol. The molecule has 0 rings (SSSR count).